The van der Waals surface area contributed by atoms with Crippen LogP contribution in [0.1, 0.15) is 10.6 Å². The van der Waals surface area contributed by atoms with Crippen LogP contribution in [0, 0.1) is 10.5 Å². The van der Waals surface area contributed by atoms with E-state index in [1.165, 1.54) is 11.3 Å². The Morgan fingerprint density at radius 1 is 1.59 bits per heavy atom. The number of rotatable bonds is 3. The lowest BCUT2D eigenvalue weighted by Gasteiger charge is -2.04. The third-order valence-corrected chi connectivity index (χ3v) is 4.32. The van der Waals surface area contributed by atoms with E-state index in [-0.39, 0.29) is 5.56 Å². The highest BCUT2D eigenvalue weighted by atomic mass is 127. The van der Waals surface area contributed by atoms with Gasteiger partial charge in [-0.05, 0) is 29.5 Å². The molecule has 3 N–H and O–H groups in total. The zero-order chi connectivity index (χ0) is 12.4. The Morgan fingerprint density at radius 3 is 3.00 bits per heavy atom. The summed E-state index contributed by atoms with van der Waals surface area (Å²) in [5, 5.41) is 0.628. The molecular weight excluding hydrogens is 353 g/mol. The zero-order valence-corrected chi connectivity index (χ0v) is 11.9. The van der Waals surface area contributed by atoms with Gasteiger partial charge in [0.25, 0.3) is 5.56 Å². The molecule has 0 saturated carbocycles. The van der Waals surface area contributed by atoms with Crippen LogP contribution in [-0.2, 0) is 6.54 Å². The quantitative estimate of drug-likeness (QED) is 0.482. The van der Waals surface area contributed by atoms with Gasteiger partial charge in [0.15, 0.2) is 5.13 Å². The molecule has 17 heavy (non-hydrogen) atoms. The van der Waals surface area contributed by atoms with Gasteiger partial charge in [0.1, 0.15) is 0 Å². The van der Waals surface area contributed by atoms with Crippen molar-refractivity contribution in [2.24, 2.45) is 5.84 Å². The second kappa shape index (κ2) is 5.10. The smallest absolute Gasteiger partial charge is 0.267 e. The van der Waals surface area contributed by atoms with Gasteiger partial charge in [-0.15, -0.1) is 0 Å². The number of hydrogen-bond donors (Lipinski definition) is 2. The standard InChI is InChI=1S/C9H10IN5OS/c1-5-7(10)8(16)15(4-13-5)3-6-2-12-9(14-11)17-6/h2,4H,3,11H2,1H3,(H,12,14). The van der Waals surface area contributed by atoms with Crippen molar-refractivity contribution in [2.45, 2.75) is 13.5 Å². The van der Waals surface area contributed by atoms with E-state index in [0.29, 0.717) is 15.2 Å². The number of nitrogen functional groups attached to an aromatic ring is 1. The third-order valence-electron chi connectivity index (χ3n) is 2.16. The van der Waals surface area contributed by atoms with Crippen molar-refractivity contribution in [3.63, 3.8) is 0 Å². The molecule has 0 radical (unpaired) electrons. The van der Waals surface area contributed by atoms with E-state index in [2.05, 4.69) is 15.4 Å². The van der Waals surface area contributed by atoms with Gasteiger partial charge < -0.3 is 0 Å². The van der Waals surface area contributed by atoms with E-state index < -0.39 is 0 Å². The largest absolute Gasteiger partial charge is 0.300 e. The maximum atomic E-state index is 11.9. The molecule has 2 rings (SSSR count). The van der Waals surface area contributed by atoms with Crippen LogP contribution in [0.3, 0.4) is 0 Å². The summed E-state index contributed by atoms with van der Waals surface area (Å²) in [6.07, 6.45) is 3.24. The second-order valence-electron chi connectivity index (χ2n) is 3.35. The van der Waals surface area contributed by atoms with Crippen LogP contribution in [-0.4, -0.2) is 14.5 Å². The first-order chi connectivity index (χ1) is 8.11. The van der Waals surface area contributed by atoms with Gasteiger partial charge in [-0.25, -0.2) is 15.8 Å². The highest BCUT2D eigenvalue weighted by Gasteiger charge is 2.07. The molecule has 0 unspecified atom stereocenters. The normalized spacial score (nSPS) is 10.5. The minimum Gasteiger partial charge on any atom is -0.300 e. The first-order valence-corrected chi connectivity index (χ1v) is 6.64. The van der Waals surface area contributed by atoms with Gasteiger partial charge in [0, 0.05) is 11.1 Å². The summed E-state index contributed by atoms with van der Waals surface area (Å²) < 4.78 is 2.20. The van der Waals surface area contributed by atoms with Crippen molar-refractivity contribution in [3.05, 3.63) is 37.0 Å². The van der Waals surface area contributed by atoms with E-state index in [1.807, 2.05) is 29.5 Å². The molecule has 0 aromatic carbocycles. The molecule has 8 heteroatoms. The molecule has 0 spiro atoms. The lowest BCUT2D eigenvalue weighted by atomic mass is 10.4. The number of anilines is 1. The number of nitrogens with two attached hydrogens (primary N) is 1. The zero-order valence-electron chi connectivity index (χ0n) is 8.98. The van der Waals surface area contributed by atoms with Crippen LogP contribution in [0.2, 0.25) is 0 Å². The number of nitrogens with zero attached hydrogens (tertiary/aromatic N) is 3. The number of thiazole rings is 1. The van der Waals surface area contributed by atoms with Crippen molar-refractivity contribution in [2.75, 3.05) is 5.43 Å². The summed E-state index contributed by atoms with van der Waals surface area (Å²) in [6, 6.07) is 0. The van der Waals surface area contributed by atoms with Gasteiger partial charge in [-0.2, -0.15) is 0 Å². The van der Waals surface area contributed by atoms with Gasteiger partial charge in [-0.3, -0.25) is 14.8 Å². The van der Waals surface area contributed by atoms with Gasteiger partial charge >= 0.3 is 0 Å². The molecule has 0 amide bonds. The van der Waals surface area contributed by atoms with Crippen molar-refractivity contribution in [1.29, 1.82) is 0 Å². The van der Waals surface area contributed by atoms with Crippen molar-refractivity contribution >= 4 is 39.1 Å². The molecule has 0 bridgehead atoms. The fraction of sp³-hybridized carbons (Fsp3) is 0.222. The molecule has 2 aromatic heterocycles. The minimum atomic E-state index is -0.0336. The average Bonchev–Trinajstić information content (AvgIpc) is 2.78. The minimum absolute atomic E-state index is 0.0336. The Balaban J connectivity index is 2.30. The number of nitrogens with one attached hydrogen (secondary N) is 1. The molecule has 0 saturated heterocycles. The fourth-order valence-corrected chi connectivity index (χ4v) is 2.44. The maximum absolute atomic E-state index is 11.9. The third kappa shape index (κ3) is 2.64. The molecule has 0 aliphatic rings. The monoisotopic (exact) mass is 363 g/mol. The second-order valence-corrected chi connectivity index (χ2v) is 5.55. The van der Waals surface area contributed by atoms with Crippen LogP contribution in [0.25, 0.3) is 0 Å². The maximum Gasteiger partial charge on any atom is 0.267 e. The topological polar surface area (TPSA) is 85.8 Å². The Morgan fingerprint density at radius 2 is 2.35 bits per heavy atom. The lowest BCUT2D eigenvalue weighted by molar-refractivity contribution is 0.731. The number of hydrazine groups is 1. The van der Waals surface area contributed by atoms with E-state index in [9.17, 15) is 4.79 Å². The van der Waals surface area contributed by atoms with Crippen LogP contribution >= 0.6 is 33.9 Å². The van der Waals surface area contributed by atoms with Crippen LogP contribution in [0.5, 0.6) is 0 Å². The predicted octanol–water partition coefficient (Wildman–Crippen LogP) is 0.947. The number of aryl methyl sites for hydroxylation is 1. The molecule has 0 atom stereocenters. The highest BCUT2D eigenvalue weighted by molar-refractivity contribution is 14.1. The summed E-state index contributed by atoms with van der Waals surface area (Å²) >= 11 is 3.42. The summed E-state index contributed by atoms with van der Waals surface area (Å²) in [5.74, 6) is 5.25. The first kappa shape index (κ1) is 12.5. The fourth-order valence-electron chi connectivity index (χ4n) is 1.27. The molecular formula is C9H10IN5OS. The summed E-state index contributed by atoms with van der Waals surface area (Å²) in [5.41, 5.74) is 3.19. The summed E-state index contributed by atoms with van der Waals surface area (Å²) in [6.45, 7) is 2.28. The Bertz CT molecular complexity index is 593. The molecule has 2 aromatic rings. The molecule has 2 heterocycles. The number of halogens is 1. The molecule has 90 valence electrons. The summed E-state index contributed by atoms with van der Waals surface area (Å²) in [4.78, 5) is 21.1. The molecule has 6 nitrogen and oxygen atoms in total. The average molecular weight is 363 g/mol. The predicted molar refractivity (Wildman–Crippen MR) is 75.0 cm³/mol. The van der Waals surface area contributed by atoms with E-state index >= 15 is 0 Å². The van der Waals surface area contributed by atoms with Crippen molar-refractivity contribution in [1.82, 2.24) is 14.5 Å². The molecule has 0 aliphatic heterocycles. The van der Waals surface area contributed by atoms with Crippen LogP contribution < -0.4 is 16.8 Å². The Kier molecular flexibility index (Phi) is 3.74. The molecule has 0 fully saturated rings. The van der Waals surface area contributed by atoms with Gasteiger partial charge in [0.05, 0.1) is 22.1 Å². The lowest BCUT2D eigenvalue weighted by Crippen LogP contribution is -2.24. The van der Waals surface area contributed by atoms with Crippen LogP contribution in [0.4, 0.5) is 5.13 Å². The van der Waals surface area contributed by atoms with E-state index in [0.717, 1.165) is 10.6 Å². The first-order valence-electron chi connectivity index (χ1n) is 4.74. The van der Waals surface area contributed by atoms with Gasteiger partial charge in [-0.1, -0.05) is 11.3 Å². The number of aromatic nitrogens is 3. The van der Waals surface area contributed by atoms with Crippen LogP contribution in [0.15, 0.2) is 17.3 Å². The Labute approximate surface area is 115 Å². The Hall–Kier alpha value is -1.00. The SMILES string of the molecule is Cc1ncn(Cc2cnc(NN)s2)c(=O)c1I. The molecule has 0 aliphatic carbocycles. The van der Waals surface area contributed by atoms with Gasteiger partial charge in [0.2, 0.25) is 0 Å². The summed E-state index contributed by atoms with van der Waals surface area (Å²) in [7, 11) is 0. The number of hydrogen-bond acceptors (Lipinski definition) is 6. The highest BCUT2D eigenvalue weighted by Crippen LogP contribution is 2.17. The van der Waals surface area contributed by atoms with Crippen molar-refractivity contribution < 1.29 is 0 Å². The van der Waals surface area contributed by atoms with E-state index in [1.54, 1.807) is 17.1 Å². The van der Waals surface area contributed by atoms with Crippen molar-refractivity contribution in [3.8, 4) is 0 Å². The van der Waals surface area contributed by atoms with E-state index in [4.69, 9.17) is 5.84 Å².